The molecular formula is C21H20N8. The fourth-order valence-electron chi connectivity index (χ4n) is 3.77. The average Bonchev–Trinajstić information content (AvgIpc) is 3.47. The second kappa shape index (κ2) is 7.04. The second-order valence-electron chi connectivity index (χ2n) is 7.35. The maximum atomic E-state index is 9.00. The molecular weight excluding hydrogens is 364 g/mol. The van der Waals surface area contributed by atoms with E-state index in [0.29, 0.717) is 17.6 Å². The Morgan fingerprint density at radius 2 is 2.07 bits per heavy atom. The number of likely N-dealkylation sites (N-methyl/N-ethyl adjacent to an activating group) is 1. The third-order valence-corrected chi connectivity index (χ3v) is 5.29. The molecule has 1 saturated heterocycles. The molecule has 8 nitrogen and oxygen atoms in total. The first-order valence-corrected chi connectivity index (χ1v) is 9.55. The fourth-order valence-corrected chi connectivity index (χ4v) is 3.77. The van der Waals surface area contributed by atoms with E-state index in [1.807, 2.05) is 59.7 Å². The zero-order valence-electron chi connectivity index (χ0n) is 16.0. The minimum atomic E-state index is 0.410. The highest BCUT2D eigenvalue weighted by molar-refractivity contribution is 5.78. The topological polar surface area (TPSA) is 87.1 Å². The molecule has 4 heterocycles. The number of nitrogens with zero attached hydrogens (tertiary/aromatic N) is 7. The standard InChI is InChI=1S/C21H20N8/c1-27-10-8-18(14-27)29-13-17(12-23-29)24-21-25-20-19(3-2-9-28(20)26-21)16-6-4-15(11-22)5-7-16/h2-7,9,12-13,18H,8,10,14H2,1H3,(H,24,26). The van der Waals surface area contributed by atoms with Crippen LogP contribution in [0.1, 0.15) is 18.0 Å². The summed E-state index contributed by atoms with van der Waals surface area (Å²) in [6, 6.07) is 14.0. The lowest BCUT2D eigenvalue weighted by molar-refractivity contribution is 0.382. The SMILES string of the molecule is CN1CCC(n2cc(Nc3nc4c(-c5ccc(C#N)cc5)cccn4n3)cn2)C1. The van der Waals surface area contributed by atoms with Crippen molar-refractivity contribution in [1.82, 2.24) is 29.3 Å². The van der Waals surface area contributed by atoms with Gasteiger partial charge in [-0.15, -0.1) is 5.10 Å². The molecule has 144 valence electrons. The summed E-state index contributed by atoms with van der Waals surface area (Å²) in [5.74, 6) is 0.522. The third kappa shape index (κ3) is 3.32. The van der Waals surface area contributed by atoms with E-state index in [9.17, 15) is 0 Å². The van der Waals surface area contributed by atoms with Crippen LogP contribution in [0.4, 0.5) is 11.6 Å². The van der Waals surface area contributed by atoms with E-state index in [0.717, 1.165) is 42.0 Å². The summed E-state index contributed by atoms with van der Waals surface area (Å²) in [6.45, 7) is 2.11. The molecule has 5 rings (SSSR count). The Morgan fingerprint density at radius 3 is 2.83 bits per heavy atom. The Bertz CT molecular complexity index is 1200. The number of fused-ring (bicyclic) bond motifs is 1. The molecule has 0 amide bonds. The van der Waals surface area contributed by atoms with Gasteiger partial charge in [-0.25, -0.2) is 4.52 Å². The Kier molecular flexibility index (Phi) is 4.22. The van der Waals surface area contributed by atoms with Gasteiger partial charge in [-0.2, -0.15) is 15.3 Å². The molecule has 3 aromatic heterocycles. The van der Waals surface area contributed by atoms with Crippen molar-refractivity contribution in [3.8, 4) is 17.2 Å². The van der Waals surface area contributed by atoms with Crippen molar-refractivity contribution in [3.05, 3.63) is 60.6 Å². The molecule has 8 heteroatoms. The van der Waals surface area contributed by atoms with Gasteiger partial charge in [0.05, 0.1) is 29.6 Å². The van der Waals surface area contributed by atoms with Crippen molar-refractivity contribution >= 4 is 17.3 Å². The highest BCUT2D eigenvalue weighted by Crippen LogP contribution is 2.26. The van der Waals surface area contributed by atoms with Gasteiger partial charge < -0.3 is 10.2 Å². The molecule has 0 aliphatic carbocycles. The maximum absolute atomic E-state index is 9.00. The molecule has 1 unspecified atom stereocenters. The molecule has 4 aromatic rings. The van der Waals surface area contributed by atoms with E-state index in [1.54, 1.807) is 4.52 Å². The van der Waals surface area contributed by atoms with E-state index >= 15 is 0 Å². The van der Waals surface area contributed by atoms with Crippen LogP contribution in [0, 0.1) is 11.3 Å². The van der Waals surface area contributed by atoms with Gasteiger partial charge in [-0.3, -0.25) is 4.68 Å². The van der Waals surface area contributed by atoms with E-state index in [2.05, 4.69) is 38.5 Å². The molecule has 0 saturated carbocycles. The number of rotatable bonds is 4. The van der Waals surface area contributed by atoms with E-state index in [1.165, 1.54) is 0 Å². The number of aromatic nitrogens is 5. The summed E-state index contributed by atoms with van der Waals surface area (Å²) >= 11 is 0. The Hall–Kier alpha value is -3.70. The van der Waals surface area contributed by atoms with Gasteiger partial charge >= 0.3 is 0 Å². The number of pyridine rings is 1. The lowest BCUT2D eigenvalue weighted by Gasteiger charge is -2.10. The number of benzene rings is 1. The highest BCUT2D eigenvalue weighted by Gasteiger charge is 2.21. The van der Waals surface area contributed by atoms with Crippen molar-refractivity contribution in [3.63, 3.8) is 0 Å². The number of likely N-dealkylation sites (tertiary alicyclic amines) is 1. The number of anilines is 2. The van der Waals surface area contributed by atoms with E-state index < -0.39 is 0 Å². The van der Waals surface area contributed by atoms with Crippen LogP contribution < -0.4 is 5.32 Å². The largest absolute Gasteiger partial charge is 0.320 e. The molecule has 1 N–H and O–H groups in total. The van der Waals surface area contributed by atoms with Gasteiger partial charge in [0.1, 0.15) is 0 Å². The molecule has 1 aliphatic heterocycles. The minimum absolute atomic E-state index is 0.410. The van der Waals surface area contributed by atoms with Crippen molar-refractivity contribution in [2.24, 2.45) is 0 Å². The molecule has 0 spiro atoms. The van der Waals surface area contributed by atoms with Gasteiger partial charge in [0.25, 0.3) is 0 Å². The third-order valence-electron chi connectivity index (χ3n) is 5.29. The van der Waals surface area contributed by atoms with Gasteiger partial charge in [-0.1, -0.05) is 12.1 Å². The smallest absolute Gasteiger partial charge is 0.247 e. The lowest BCUT2D eigenvalue weighted by atomic mass is 10.1. The Morgan fingerprint density at radius 1 is 1.21 bits per heavy atom. The quantitative estimate of drug-likeness (QED) is 0.582. The van der Waals surface area contributed by atoms with E-state index in [4.69, 9.17) is 5.26 Å². The molecule has 1 fully saturated rings. The van der Waals surface area contributed by atoms with Crippen LogP contribution >= 0.6 is 0 Å². The van der Waals surface area contributed by atoms with Crippen molar-refractivity contribution in [2.75, 3.05) is 25.5 Å². The molecule has 1 atom stereocenters. The molecule has 1 aromatic carbocycles. The minimum Gasteiger partial charge on any atom is -0.320 e. The first kappa shape index (κ1) is 17.4. The average molecular weight is 384 g/mol. The van der Waals surface area contributed by atoms with Crippen LogP contribution in [-0.4, -0.2) is 49.4 Å². The molecule has 0 radical (unpaired) electrons. The van der Waals surface area contributed by atoms with Gasteiger partial charge in [0.2, 0.25) is 5.95 Å². The lowest BCUT2D eigenvalue weighted by Crippen LogP contribution is -2.16. The fraction of sp³-hybridized carbons (Fsp3) is 0.238. The first-order chi connectivity index (χ1) is 14.2. The summed E-state index contributed by atoms with van der Waals surface area (Å²) < 4.78 is 3.77. The maximum Gasteiger partial charge on any atom is 0.247 e. The Balaban J connectivity index is 1.42. The number of hydrogen-bond acceptors (Lipinski definition) is 6. The molecule has 1 aliphatic rings. The van der Waals surface area contributed by atoms with Gasteiger partial charge in [0.15, 0.2) is 5.65 Å². The normalized spacial score (nSPS) is 16.9. The summed E-state index contributed by atoms with van der Waals surface area (Å²) in [5.41, 5.74) is 4.21. The number of nitrogens with one attached hydrogen (secondary N) is 1. The predicted octanol–water partition coefficient (Wildman–Crippen LogP) is 3.08. The van der Waals surface area contributed by atoms with Crippen LogP contribution in [0.25, 0.3) is 16.8 Å². The van der Waals surface area contributed by atoms with Crippen LogP contribution in [0.3, 0.4) is 0 Å². The Labute approximate surface area is 168 Å². The van der Waals surface area contributed by atoms with Crippen molar-refractivity contribution < 1.29 is 0 Å². The number of nitriles is 1. The summed E-state index contributed by atoms with van der Waals surface area (Å²) in [5, 5.41) is 21.3. The van der Waals surface area contributed by atoms with Gasteiger partial charge in [0, 0.05) is 24.5 Å². The van der Waals surface area contributed by atoms with E-state index in [-0.39, 0.29) is 0 Å². The van der Waals surface area contributed by atoms with Crippen LogP contribution in [-0.2, 0) is 0 Å². The monoisotopic (exact) mass is 384 g/mol. The summed E-state index contributed by atoms with van der Waals surface area (Å²) in [6.07, 6.45) is 6.80. The predicted molar refractivity (Wildman–Crippen MR) is 110 cm³/mol. The van der Waals surface area contributed by atoms with Crippen LogP contribution in [0.2, 0.25) is 0 Å². The molecule has 29 heavy (non-hydrogen) atoms. The second-order valence-corrected chi connectivity index (χ2v) is 7.35. The van der Waals surface area contributed by atoms with Gasteiger partial charge in [-0.05, 0) is 49.8 Å². The van der Waals surface area contributed by atoms with Crippen molar-refractivity contribution in [1.29, 1.82) is 5.26 Å². The van der Waals surface area contributed by atoms with Crippen molar-refractivity contribution in [2.45, 2.75) is 12.5 Å². The van der Waals surface area contributed by atoms with Crippen LogP contribution in [0.15, 0.2) is 55.0 Å². The highest BCUT2D eigenvalue weighted by atomic mass is 15.4. The zero-order valence-corrected chi connectivity index (χ0v) is 16.0. The molecule has 0 bridgehead atoms. The number of hydrogen-bond donors (Lipinski definition) is 1. The first-order valence-electron chi connectivity index (χ1n) is 9.55. The summed E-state index contributed by atoms with van der Waals surface area (Å²) in [4.78, 5) is 6.99. The van der Waals surface area contributed by atoms with Crippen LogP contribution in [0.5, 0.6) is 0 Å². The zero-order chi connectivity index (χ0) is 19.8. The summed E-state index contributed by atoms with van der Waals surface area (Å²) in [7, 11) is 2.13.